The van der Waals surface area contributed by atoms with Gasteiger partial charge in [0.2, 0.25) is 0 Å². The monoisotopic (exact) mass is 407 g/mol. The van der Waals surface area contributed by atoms with Crippen LogP contribution in [0.3, 0.4) is 0 Å². The quantitative estimate of drug-likeness (QED) is 0.416. The second-order valence-corrected chi connectivity index (χ2v) is 7.36. The number of nitro benzene ring substituents is 2. The van der Waals surface area contributed by atoms with E-state index in [2.05, 4.69) is 4.90 Å². The predicted octanol–water partition coefficient (Wildman–Crippen LogP) is 4.26. The zero-order valence-corrected chi connectivity index (χ0v) is 16.6. The Balaban J connectivity index is 1.93. The van der Waals surface area contributed by atoms with E-state index in [1.807, 2.05) is 13.8 Å². The summed E-state index contributed by atoms with van der Waals surface area (Å²) in [6.45, 7) is 5.04. The number of carbonyl (C=O) groups excluding carboxylic acids is 1. The van der Waals surface area contributed by atoms with E-state index < -0.39 is 9.85 Å². The standard InChI is InChI=1S/C22H21N3O5/c1-15(2)23-13-18(11-16-3-7-20(8-4-16)24(27)28)22(26)19(14-23)12-17-5-9-21(10-6-17)25(29)30/h3-12,15H,13-14H2,1-2H3. The van der Waals surface area contributed by atoms with Crippen LogP contribution in [0, 0.1) is 20.2 Å². The molecular weight excluding hydrogens is 386 g/mol. The van der Waals surface area contributed by atoms with Crippen LogP contribution in [0.4, 0.5) is 11.4 Å². The highest BCUT2D eigenvalue weighted by atomic mass is 16.6. The summed E-state index contributed by atoms with van der Waals surface area (Å²) in [5.41, 5.74) is 2.60. The van der Waals surface area contributed by atoms with Crippen molar-refractivity contribution < 1.29 is 14.6 Å². The van der Waals surface area contributed by atoms with Crippen LogP contribution >= 0.6 is 0 Å². The predicted molar refractivity (Wildman–Crippen MR) is 114 cm³/mol. The molecule has 8 heteroatoms. The first-order valence-corrected chi connectivity index (χ1v) is 9.43. The Morgan fingerprint density at radius 2 is 1.17 bits per heavy atom. The van der Waals surface area contributed by atoms with Crippen molar-refractivity contribution in [2.45, 2.75) is 19.9 Å². The van der Waals surface area contributed by atoms with E-state index in [9.17, 15) is 25.0 Å². The second-order valence-electron chi connectivity index (χ2n) is 7.36. The lowest BCUT2D eigenvalue weighted by molar-refractivity contribution is -0.385. The molecule has 0 spiro atoms. The van der Waals surface area contributed by atoms with E-state index in [1.54, 1.807) is 36.4 Å². The largest absolute Gasteiger partial charge is 0.292 e. The third kappa shape index (κ3) is 4.84. The summed E-state index contributed by atoms with van der Waals surface area (Å²) in [5.74, 6) is -0.0939. The first-order valence-electron chi connectivity index (χ1n) is 9.43. The highest BCUT2D eigenvalue weighted by Gasteiger charge is 2.27. The van der Waals surface area contributed by atoms with Crippen LogP contribution in [0.2, 0.25) is 0 Å². The topological polar surface area (TPSA) is 107 Å². The molecule has 0 aliphatic carbocycles. The molecule has 0 unspecified atom stereocenters. The molecule has 1 heterocycles. The van der Waals surface area contributed by atoms with Crippen LogP contribution in [0.5, 0.6) is 0 Å². The van der Waals surface area contributed by atoms with Gasteiger partial charge in [-0.05, 0) is 61.4 Å². The van der Waals surface area contributed by atoms with E-state index in [0.29, 0.717) is 35.4 Å². The first-order chi connectivity index (χ1) is 14.2. The van der Waals surface area contributed by atoms with E-state index >= 15 is 0 Å². The van der Waals surface area contributed by atoms with Gasteiger partial charge in [0.15, 0.2) is 5.78 Å². The maximum Gasteiger partial charge on any atom is 0.269 e. The van der Waals surface area contributed by atoms with Crippen molar-refractivity contribution in [3.63, 3.8) is 0 Å². The number of hydrogen-bond acceptors (Lipinski definition) is 6. The molecule has 0 amide bonds. The number of carbonyl (C=O) groups is 1. The summed E-state index contributed by atoms with van der Waals surface area (Å²) < 4.78 is 0. The van der Waals surface area contributed by atoms with Crippen LogP contribution in [0.25, 0.3) is 12.2 Å². The van der Waals surface area contributed by atoms with Gasteiger partial charge in [-0.2, -0.15) is 0 Å². The van der Waals surface area contributed by atoms with Crippen LogP contribution in [0.15, 0.2) is 59.7 Å². The number of hydrogen-bond donors (Lipinski definition) is 0. The number of likely N-dealkylation sites (tertiary alicyclic amines) is 1. The normalized spacial score (nSPS) is 17.6. The summed E-state index contributed by atoms with van der Waals surface area (Å²) in [4.78, 5) is 36.0. The average Bonchev–Trinajstić information content (AvgIpc) is 2.71. The van der Waals surface area contributed by atoms with Gasteiger partial charge in [-0.3, -0.25) is 29.9 Å². The minimum atomic E-state index is -0.464. The Bertz CT molecular complexity index is 958. The third-order valence-electron chi connectivity index (χ3n) is 4.95. The lowest BCUT2D eigenvalue weighted by atomic mass is 9.93. The fourth-order valence-electron chi connectivity index (χ4n) is 3.22. The summed E-state index contributed by atoms with van der Waals surface area (Å²) in [5, 5.41) is 21.7. The molecule has 0 radical (unpaired) electrons. The van der Waals surface area contributed by atoms with E-state index in [-0.39, 0.29) is 23.2 Å². The van der Waals surface area contributed by atoms with Gasteiger partial charge in [-0.1, -0.05) is 0 Å². The molecule has 0 bridgehead atoms. The molecule has 1 saturated heterocycles. The Morgan fingerprint density at radius 1 is 0.800 bits per heavy atom. The highest BCUT2D eigenvalue weighted by molar-refractivity contribution is 6.14. The van der Waals surface area contributed by atoms with Crippen molar-refractivity contribution in [2.24, 2.45) is 0 Å². The highest BCUT2D eigenvalue weighted by Crippen LogP contribution is 2.25. The van der Waals surface area contributed by atoms with Crippen LogP contribution < -0.4 is 0 Å². The van der Waals surface area contributed by atoms with Crippen molar-refractivity contribution >= 4 is 29.3 Å². The Labute approximate surface area is 173 Å². The average molecular weight is 407 g/mol. The number of piperidine rings is 1. The van der Waals surface area contributed by atoms with Crippen LogP contribution in [-0.4, -0.2) is 39.7 Å². The van der Waals surface area contributed by atoms with E-state index in [4.69, 9.17) is 0 Å². The maximum atomic E-state index is 13.1. The number of non-ortho nitro benzene ring substituents is 2. The number of nitrogens with zero attached hydrogens (tertiary/aromatic N) is 3. The van der Waals surface area contributed by atoms with Crippen molar-refractivity contribution in [3.05, 3.63) is 91.0 Å². The molecule has 1 aliphatic heterocycles. The molecule has 0 saturated carbocycles. The summed E-state index contributed by atoms with van der Waals surface area (Å²) in [6.07, 6.45) is 3.51. The van der Waals surface area contributed by atoms with E-state index in [0.717, 1.165) is 0 Å². The second kappa shape index (κ2) is 8.79. The molecule has 0 aromatic heterocycles. The molecule has 30 heavy (non-hydrogen) atoms. The molecule has 3 rings (SSSR count). The number of nitro groups is 2. The molecule has 2 aromatic rings. The Kier molecular flexibility index (Phi) is 6.17. The van der Waals surface area contributed by atoms with Gasteiger partial charge < -0.3 is 0 Å². The smallest absolute Gasteiger partial charge is 0.269 e. The zero-order chi connectivity index (χ0) is 21.8. The van der Waals surface area contributed by atoms with Crippen molar-refractivity contribution in [1.82, 2.24) is 4.90 Å². The molecule has 1 aliphatic rings. The summed E-state index contributed by atoms with van der Waals surface area (Å²) in [6, 6.07) is 12.3. The molecule has 8 nitrogen and oxygen atoms in total. The number of ketones is 1. The van der Waals surface area contributed by atoms with Gasteiger partial charge in [-0.25, -0.2) is 0 Å². The lowest BCUT2D eigenvalue weighted by Crippen LogP contribution is -2.41. The van der Waals surface area contributed by atoms with Gasteiger partial charge in [-0.15, -0.1) is 0 Å². The lowest BCUT2D eigenvalue weighted by Gasteiger charge is -2.32. The molecule has 154 valence electrons. The molecular formula is C22H21N3O5. The first kappa shape index (κ1) is 21.1. The molecule has 1 fully saturated rings. The van der Waals surface area contributed by atoms with Crippen molar-refractivity contribution in [1.29, 1.82) is 0 Å². The van der Waals surface area contributed by atoms with Crippen molar-refractivity contribution in [2.75, 3.05) is 13.1 Å². The van der Waals surface area contributed by atoms with Crippen LogP contribution in [0.1, 0.15) is 25.0 Å². The molecule has 0 atom stereocenters. The zero-order valence-electron chi connectivity index (χ0n) is 16.6. The fourth-order valence-corrected chi connectivity index (χ4v) is 3.22. The minimum absolute atomic E-state index is 0.00492. The Morgan fingerprint density at radius 3 is 1.47 bits per heavy atom. The minimum Gasteiger partial charge on any atom is -0.292 e. The number of rotatable bonds is 5. The summed E-state index contributed by atoms with van der Waals surface area (Å²) >= 11 is 0. The van der Waals surface area contributed by atoms with Gasteiger partial charge >= 0.3 is 0 Å². The van der Waals surface area contributed by atoms with Gasteiger partial charge in [0.1, 0.15) is 0 Å². The molecule has 0 N–H and O–H groups in total. The number of benzene rings is 2. The van der Waals surface area contributed by atoms with Gasteiger partial charge in [0.25, 0.3) is 11.4 Å². The van der Waals surface area contributed by atoms with Crippen LogP contribution in [-0.2, 0) is 4.79 Å². The number of Topliss-reactive ketones (excluding diaryl/α,β-unsaturated/α-hetero) is 1. The van der Waals surface area contributed by atoms with Crippen molar-refractivity contribution in [3.8, 4) is 0 Å². The van der Waals surface area contributed by atoms with Gasteiger partial charge in [0.05, 0.1) is 9.85 Å². The van der Waals surface area contributed by atoms with E-state index in [1.165, 1.54) is 24.3 Å². The van der Waals surface area contributed by atoms with Gasteiger partial charge in [0, 0.05) is 54.5 Å². The SMILES string of the molecule is CC(C)N1CC(=Cc2ccc([N+](=O)[O-])cc2)C(=O)C(=Cc2ccc([N+](=O)[O-])cc2)C1. The molecule has 2 aromatic carbocycles. The summed E-state index contributed by atoms with van der Waals surface area (Å²) in [7, 11) is 0. The maximum absolute atomic E-state index is 13.1. The third-order valence-corrected chi connectivity index (χ3v) is 4.95. The fraction of sp³-hybridized carbons (Fsp3) is 0.227. The Hall–Kier alpha value is -3.65.